The van der Waals surface area contributed by atoms with Gasteiger partial charge in [-0.25, -0.2) is 24.3 Å². The molecule has 7 nitrogen and oxygen atoms in total. The van der Waals surface area contributed by atoms with Crippen LogP contribution in [0.4, 0.5) is 10.2 Å². The van der Waals surface area contributed by atoms with E-state index >= 15 is 0 Å². The van der Waals surface area contributed by atoms with Crippen molar-refractivity contribution in [2.45, 2.75) is 6.54 Å². The molecule has 0 saturated carbocycles. The summed E-state index contributed by atoms with van der Waals surface area (Å²) in [5.41, 5.74) is 4.25. The number of nitrogens with one attached hydrogen (secondary N) is 2. The van der Waals surface area contributed by atoms with Crippen LogP contribution in [0, 0.1) is 5.82 Å². The van der Waals surface area contributed by atoms with Crippen LogP contribution in [0.2, 0.25) is 0 Å². The van der Waals surface area contributed by atoms with Crippen LogP contribution < -0.4 is 5.32 Å². The number of aromatic nitrogens is 6. The van der Waals surface area contributed by atoms with Crippen LogP contribution in [0.5, 0.6) is 0 Å². The van der Waals surface area contributed by atoms with Crippen LogP contribution in [0.15, 0.2) is 61.3 Å². The van der Waals surface area contributed by atoms with E-state index in [-0.39, 0.29) is 5.82 Å². The summed E-state index contributed by atoms with van der Waals surface area (Å²) in [4.78, 5) is 24.7. The Balaban J connectivity index is 0.00000106. The molecule has 4 heterocycles. The highest BCUT2D eigenvalue weighted by atomic mass is 35.5. The van der Waals surface area contributed by atoms with E-state index < -0.39 is 0 Å². The van der Waals surface area contributed by atoms with Gasteiger partial charge in [-0.05, 0) is 35.9 Å². The molecule has 5 rings (SSSR count). The molecule has 0 aliphatic carbocycles. The van der Waals surface area contributed by atoms with Crippen LogP contribution in [-0.4, -0.2) is 36.3 Å². The van der Waals surface area contributed by atoms with Gasteiger partial charge >= 0.3 is 0 Å². The topological polar surface area (TPSA) is 92.3 Å². The second-order valence-corrected chi connectivity index (χ2v) is 6.23. The molecule has 1 aromatic carbocycles. The summed E-state index contributed by atoms with van der Waals surface area (Å²) >= 11 is 4.64. The maximum atomic E-state index is 13.7. The van der Waals surface area contributed by atoms with Gasteiger partial charge in [-0.2, -0.15) is 0 Å². The van der Waals surface area contributed by atoms with Crippen LogP contribution in [-0.2, 0) is 6.54 Å². The Kier molecular flexibility index (Phi) is 5.76. The quantitative estimate of drug-likeness (QED) is 0.413. The molecule has 2 N–H and O–H groups in total. The summed E-state index contributed by atoms with van der Waals surface area (Å²) in [6.45, 7) is 0.456. The number of halogens is 2. The fraction of sp³-hybridized carbons (Fsp3) is 0.0952. The largest absolute Gasteiger partial charge is 0.364 e. The number of benzene rings is 1. The van der Waals surface area contributed by atoms with Gasteiger partial charge in [-0.3, -0.25) is 4.98 Å². The fourth-order valence-electron chi connectivity index (χ4n) is 3.12. The number of alkyl halides is 1. The molecule has 0 amide bonds. The smallest absolute Gasteiger partial charge is 0.182 e. The van der Waals surface area contributed by atoms with Crippen molar-refractivity contribution in [1.82, 2.24) is 29.9 Å². The second kappa shape index (κ2) is 8.79. The number of rotatable bonds is 4. The zero-order chi connectivity index (χ0) is 20.9. The van der Waals surface area contributed by atoms with E-state index in [1.54, 1.807) is 18.6 Å². The molecule has 4 aromatic heterocycles. The number of anilines is 1. The van der Waals surface area contributed by atoms with Crippen molar-refractivity contribution < 1.29 is 4.39 Å². The molecular weight excluding hydrogens is 405 g/mol. The molecule has 0 bridgehead atoms. The lowest BCUT2D eigenvalue weighted by Gasteiger charge is -2.12. The van der Waals surface area contributed by atoms with Gasteiger partial charge in [0, 0.05) is 30.6 Å². The number of imidazole rings is 1. The predicted octanol–water partition coefficient (Wildman–Crippen LogP) is 4.57. The Labute approximate surface area is 176 Å². The summed E-state index contributed by atoms with van der Waals surface area (Å²) in [6, 6.07) is 12.2. The number of hydrogen-bond donors (Lipinski definition) is 2. The minimum atomic E-state index is -0.319. The number of H-pyrrole nitrogens is 1. The minimum Gasteiger partial charge on any atom is -0.364 e. The lowest BCUT2D eigenvalue weighted by atomic mass is 10.1. The third-order valence-corrected chi connectivity index (χ3v) is 4.44. The van der Waals surface area contributed by atoms with Crippen LogP contribution in [0.1, 0.15) is 5.56 Å². The van der Waals surface area contributed by atoms with Gasteiger partial charge < -0.3 is 10.3 Å². The number of pyridine rings is 2. The van der Waals surface area contributed by atoms with Crippen molar-refractivity contribution in [3.63, 3.8) is 0 Å². The lowest BCUT2D eigenvalue weighted by Crippen LogP contribution is -2.06. The Morgan fingerprint density at radius 1 is 1.03 bits per heavy atom. The first-order valence-corrected chi connectivity index (χ1v) is 9.80. The summed E-state index contributed by atoms with van der Waals surface area (Å²) in [5, 5.41) is 4.17. The van der Waals surface area contributed by atoms with Gasteiger partial charge in [0.1, 0.15) is 17.7 Å². The zero-order valence-electron chi connectivity index (χ0n) is 16.0. The minimum absolute atomic E-state index is 0.319. The molecule has 0 radical (unpaired) electrons. The maximum absolute atomic E-state index is 13.7. The summed E-state index contributed by atoms with van der Waals surface area (Å²) in [6.07, 6.45) is 6.23. The molecule has 150 valence electrons. The predicted molar refractivity (Wildman–Crippen MR) is 116 cm³/mol. The van der Waals surface area contributed by atoms with Crippen LogP contribution >= 0.6 is 11.6 Å². The van der Waals surface area contributed by atoms with Gasteiger partial charge in [-0.15, -0.1) is 11.6 Å². The van der Waals surface area contributed by atoms with Crippen molar-refractivity contribution in [1.29, 1.82) is 0 Å². The van der Waals surface area contributed by atoms with E-state index in [0.29, 0.717) is 29.2 Å². The van der Waals surface area contributed by atoms with Crippen LogP contribution in [0.3, 0.4) is 0 Å². The first-order chi connectivity index (χ1) is 14.8. The molecule has 0 atom stereocenters. The molecule has 0 fully saturated rings. The number of aromatic amines is 1. The third kappa shape index (κ3) is 3.90. The molecule has 0 saturated heterocycles. The van der Waals surface area contributed by atoms with E-state index in [9.17, 15) is 4.39 Å². The van der Waals surface area contributed by atoms with Crippen molar-refractivity contribution in [3.8, 4) is 11.4 Å². The third-order valence-electron chi connectivity index (χ3n) is 4.44. The normalized spacial score (nSPS) is 10.6. The molecule has 0 aliphatic heterocycles. The average molecular weight is 422 g/mol. The zero-order valence-corrected chi connectivity index (χ0v) is 16.7. The summed E-state index contributed by atoms with van der Waals surface area (Å²) in [5.74, 6) is 0.328. The van der Waals surface area contributed by atoms with Crippen molar-refractivity contribution in [3.05, 3.63) is 72.7 Å². The second-order valence-electron chi connectivity index (χ2n) is 6.23. The van der Waals surface area contributed by atoms with E-state index in [1.807, 2.05) is 24.3 Å². The SMILES string of the molecule is CCl.Fc1ccc2cc(CNc3ncnc4nc[nH]c34)c(-c3ccccn3)nc2c1. The number of fused-ring (bicyclic) bond motifs is 2. The number of hydrogen-bond acceptors (Lipinski definition) is 6. The Morgan fingerprint density at radius 3 is 2.77 bits per heavy atom. The molecule has 30 heavy (non-hydrogen) atoms. The Hall–Kier alpha value is -3.65. The first kappa shape index (κ1) is 19.7. The highest BCUT2D eigenvalue weighted by Gasteiger charge is 2.12. The lowest BCUT2D eigenvalue weighted by molar-refractivity contribution is 0.629. The van der Waals surface area contributed by atoms with E-state index in [0.717, 1.165) is 22.2 Å². The molecule has 5 aromatic rings. The van der Waals surface area contributed by atoms with Gasteiger partial charge in [0.25, 0.3) is 0 Å². The maximum Gasteiger partial charge on any atom is 0.182 e. The highest BCUT2D eigenvalue weighted by Crippen LogP contribution is 2.26. The summed E-state index contributed by atoms with van der Waals surface area (Å²) < 4.78 is 13.7. The van der Waals surface area contributed by atoms with Crippen LogP contribution in [0.25, 0.3) is 33.5 Å². The van der Waals surface area contributed by atoms with E-state index in [4.69, 9.17) is 0 Å². The Morgan fingerprint density at radius 2 is 1.93 bits per heavy atom. The Bertz CT molecular complexity index is 1290. The van der Waals surface area contributed by atoms with Crippen molar-refractivity contribution in [2.75, 3.05) is 11.7 Å². The van der Waals surface area contributed by atoms with Crippen molar-refractivity contribution in [2.24, 2.45) is 0 Å². The van der Waals surface area contributed by atoms with E-state index in [2.05, 4.69) is 46.8 Å². The average Bonchev–Trinajstić information content (AvgIpc) is 3.28. The van der Waals surface area contributed by atoms with Gasteiger partial charge in [0.05, 0.1) is 23.2 Å². The monoisotopic (exact) mass is 421 g/mol. The summed E-state index contributed by atoms with van der Waals surface area (Å²) in [7, 11) is 0. The molecular formula is C21H17ClFN7. The molecule has 0 aliphatic rings. The molecule has 9 heteroatoms. The highest BCUT2D eigenvalue weighted by molar-refractivity contribution is 6.15. The van der Waals surface area contributed by atoms with Gasteiger partial charge in [0.2, 0.25) is 0 Å². The fourth-order valence-corrected chi connectivity index (χ4v) is 3.12. The van der Waals surface area contributed by atoms with Gasteiger partial charge in [0.15, 0.2) is 11.5 Å². The standard InChI is InChI=1S/C20H14FN7.CH3Cl/c21-14-5-4-12-7-13(9-23-19-18-20(25-10-24-18)27-11-26-19)17(28-16(12)8-14)15-3-1-2-6-22-15;1-2/h1-8,10-11H,9H2,(H2,23,24,25,26,27);1H3. The molecule has 0 unspecified atom stereocenters. The first-order valence-electron chi connectivity index (χ1n) is 9.04. The number of nitrogens with zero attached hydrogens (tertiary/aromatic N) is 5. The van der Waals surface area contributed by atoms with Gasteiger partial charge in [-0.1, -0.05) is 6.07 Å². The molecule has 0 spiro atoms. The van der Waals surface area contributed by atoms with E-state index in [1.165, 1.54) is 24.8 Å². The van der Waals surface area contributed by atoms with Crippen molar-refractivity contribution >= 4 is 39.5 Å².